The fourth-order valence-electron chi connectivity index (χ4n) is 1.64. The third-order valence-electron chi connectivity index (χ3n) is 2.74. The summed E-state index contributed by atoms with van der Waals surface area (Å²) in [5.74, 6) is -1.67. The van der Waals surface area contributed by atoms with Crippen LogP contribution in [0.15, 0.2) is 51.8 Å². The number of esters is 1. The summed E-state index contributed by atoms with van der Waals surface area (Å²) in [4.78, 5) is 24.2. The number of thioether (sulfide) groups is 1. The van der Waals surface area contributed by atoms with Gasteiger partial charge in [-0.25, -0.2) is 4.39 Å². The van der Waals surface area contributed by atoms with E-state index in [1.807, 2.05) is 0 Å². The van der Waals surface area contributed by atoms with Crippen LogP contribution in [0.1, 0.15) is 0 Å². The van der Waals surface area contributed by atoms with Crippen LogP contribution < -0.4 is 5.32 Å². The summed E-state index contributed by atoms with van der Waals surface area (Å²) < 4.78 is 19.0. The Hall–Kier alpha value is -1.57. The first-order valence-electron chi connectivity index (χ1n) is 6.73. The summed E-state index contributed by atoms with van der Waals surface area (Å²) in [5, 5.41) is 2.95. The van der Waals surface area contributed by atoms with Crippen molar-refractivity contribution in [3.8, 4) is 0 Å². The Balaban J connectivity index is 1.74. The summed E-state index contributed by atoms with van der Waals surface area (Å²) in [6, 6.07) is 11.2. The molecule has 24 heavy (non-hydrogen) atoms. The van der Waals surface area contributed by atoms with Crippen LogP contribution in [0.25, 0.3) is 0 Å². The minimum atomic E-state index is -0.610. The Morgan fingerprint density at radius 1 is 1.21 bits per heavy atom. The molecule has 4 nitrogen and oxygen atoms in total. The minimum absolute atomic E-state index is 0.0230. The van der Waals surface area contributed by atoms with Crippen LogP contribution in [-0.2, 0) is 14.3 Å². The van der Waals surface area contributed by atoms with E-state index in [1.165, 1.54) is 23.9 Å². The first-order valence-corrected chi connectivity index (χ1v) is 8.88. The molecule has 0 aliphatic heterocycles. The highest BCUT2D eigenvalue weighted by Crippen LogP contribution is 2.21. The number of hydrogen-bond donors (Lipinski definition) is 1. The van der Waals surface area contributed by atoms with Crippen molar-refractivity contribution in [2.75, 3.05) is 17.7 Å². The molecular weight excluding hydrogens is 421 g/mol. The Morgan fingerprint density at radius 3 is 2.58 bits per heavy atom. The number of carbonyl (C=O) groups is 2. The van der Waals surface area contributed by atoms with Gasteiger partial charge in [0.25, 0.3) is 5.91 Å². The second-order valence-electron chi connectivity index (χ2n) is 4.58. The lowest BCUT2D eigenvalue weighted by Crippen LogP contribution is -2.22. The summed E-state index contributed by atoms with van der Waals surface area (Å²) in [6.45, 7) is -0.477. The van der Waals surface area contributed by atoms with Gasteiger partial charge in [0.1, 0.15) is 5.82 Å². The Morgan fingerprint density at radius 2 is 1.92 bits per heavy atom. The van der Waals surface area contributed by atoms with Gasteiger partial charge in [-0.2, -0.15) is 0 Å². The second-order valence-corrected chi connectivity index (χ2v) is 6.98. The maximum absolute atomic E-state index is 13.6. The summed E-state index contributed by atoms with van der Waals surface area (Å²) in [5.41, 5.74) is 0.0230. The molecule has 1 N–H and O–H groups in total. The number of anilines is 1. The highest BCUT2D eigenvalue weighted by Gasteiger charge is 2.11. The second kappa shape index (κ2) is 9.05. The maximum atomic E-state index is 13.6. The number of carbonyl (C=O) groups excluding carboxylic acids is 2. The van der Waals surface area contributed by atoms with Crippen LogP contribution in [-0.4, -0.2) is 24.2 Å². The van der Waals surface area contributed by atoms with Crippen molar-refractivity contribution < 1.29 is 18.7 Å². The van der Waals surface area contributed by atoms with E-state index in [0.29, 0.717) is 9.50 Å². The molecule has 0 saturated carbocycles. The van der Waals surface area contributed by atoms with Crippen LogP contribution in [0.5, 0.6) is 0 Å². The zero-order valence-corrected chi connectivity index (χ0v) is 15.4. The highest BCUT2D eigenvalue weighted by molar-refractivity contribution is 9.10. The molecule has 126 valence electrons. The average molecular weight is 433 g/mol. The van der Waals surface area contributed by atoms with Crippen LogP contribution in [0.2, 0.25) is 5.02 Å². The Labute approximate surface area is 155 Å². The van der Waals surface area contributed by atoms with Gasteiger partial charge in [0.15, 0.2) is 6.61 Å². The monoisotopic (exact) mass is 431 g/mol. The third kappa shape index (κ3) is 6.14. The van der Waals surface area contributed by atoms with Crippen molar-refractivity contribution in [2.45, 2.75) is 4.90 Å². The predicted molar refractivity (Wildman–Crippen MR) is 95.9 cm³/mol. The molecule has 0 unspecified atom stereocenters. The molecule has 2 aromatic carbocycles. The molecule has 0 bridgehead atoms. The van der Waals surface area contributed by atoms with Gasteiger partial charge in [0.05, 0.1) is 11.4 Å². The summed E-state index contributed by atoms with van der Waals surface area (Å²) >= 11 is 10.2. The number of halogens is 3. The first-order chi connectivity index (χ1) is 11.4. The normalized spacial score (nSPS) is 10.3. The lowest BCUT2D eigenvalue weighted by molar-refractivity contribution is -0.144. The van der Waals surface area contributed by atoms with Crippen molar-refractivity contribution in [1.29, 1.82) is 0 Å². The van der Waals surface area contributed by atoms with Gasteiger partial charge in [-0.05, 0) is 42.5 Å². The Bertz CT molecular complexity index is 743. The van der Waals surface area contributed by atoms with Gasteiger partial charge >= 0.3 is 5.97 Å². The standard InChI is InChI=1S/C16H12BrClFNO3S/c17-10-1-6-14(13(19)7-10)20-15(21)8-23-16(22)9-24-12-4-2-11(18)3-5-12/h1-7H,8-9H2,(H,20,21). The lowest BCUT2D eigenvalue weighted by Gasteiger charge is -2.08. The molecule has 0 atom stereocenters. The number of rotatable bonds is 6. The van der Waals surface area contributed by atoms with Gasteiger partial charge in [-0.1, -0.05) is 27.5 Å². The summed E-state index contributed by atoms with van der Waals surface area (Å²) in [6.07, 6.45) is 0. The van der Waals surface area contributed by atoms with Crippen LogP contribution in [0.4, 0.5) is 10.1 Å². The molecule has 2 rings (SSSR count). The largest absolute Gasteiger partial charge is 0.455 e. The van der Waals surface area contributed by atoms with Crippen LogP contribution in [0, 0.1) is 5.82 Å². The topological polar surface area (TPSA) is 55.4 Å². The van der Waals surface area contributed by atoms with E-state index in [1.54, 1.807) is 30.3 Å². The van der Waals surface area contributed by atoms with Gasteiger partial charge in [0, 0.05) is 14.4 Å². The number of amides is 1. The molecule has 0 aromatic heterocycles. The molecule has 0 aliphatic carbocycles. The average Bonchev–Trinajstić information content (AvgIpc) is 2.55. The van der Waals surface area contributed by atoms with Crippen molar-refractivity contribution in [3.63, 3.8) is 0 Å². The molecule has 0 saturated heterocycles. The van der Waals surface area contributed by atoms with E-state index in [0.717, 1.165) is 4.90 Å². The quantitative estimate of drug-likeness (QED) is 0.539. The van der Waals surface area contributed by atoms with E-state index in [-0.39, 0.29) is 11.4 Å². The number of benzene rings is 2. The smallest absolute Gasteiger partial charge is 0.316 e. The SMILES string of the molecule is O=C(COC(=O)CSc1ccc(Cl)cc1)Nc1ccc(Br)cc1F. The van der Waals surface area contributed by atoms with Crippen molar-refractivity contribution in [1.82, 2.24) is 0 Å². The van der Waals surface area contributed by atoms with Crippen LogP contribution in [0.3, 0.4) is 0 Å². The molecule has 0 aliphatic rings. The van der Waals surface area contributed by atoms with E-state index in [2.05, 4.69) is 21.2 Å². The van der Waals surface area contributed by atoms with Gasteiger partial charge in [-0.3, -0.25) is 9.59 Å². The van der Waals surface area contributed by atoms with E-state index < -0.39 is 24.3 Å². The molecule has 0 spiro atoms. The molecule has 0 fully saturated rings. The fourth-order valence-corrected chi connectivity index (χ4v) is 2.79. The maximum Gasteiger partial charge on any atom is 0.316 e. The Kier molecular flexibility index (Phi) is 7.08. The lowest BCUT2D eigenvalue weighted by atomic mass is 10.3. The van der Waals surface area contributed by atoms with Crippen molar-refractivity contribution >= 4 is 56.9 Å². The van der Waals surface area contributed by atoms with Gasteiger partial charge in [-0.15, -0.1) is 11.8 Å². The number of nitrogens with one attached hydrogen (secondary N) is 1. The van der Waals surface area contributed by atoms with Gasteiger partial charge in [0.2, 0.25) is 0 Å². The van der Waals surface area contributed by atoms with Crippen molar-refractivity contribution in [2.24, 2.45) is 0 Å². The minimum Gasteiger partial charge on any atom is -0.455 e. The molecule has 8 heteroatoms. The zero-order valence-electron chi connectivity index (χ0n) is 12.2. The predicted octanol–water partition coefficient (Wildman–Crippen LogP) is 4.52. The first kappa shape index (κ1) is 18.8. The zero-order chi connectivity index (χ0) is 17.5. The van der Waals surface area contributed by atoms with Gasteiger partial charge < -0.3 is 10.1 Å². The summed E-state index contributed by atoms with van der Waals surface area (Å²) in [7, 11) is 0. The molecule has 1 amide bonds. The molecule has 2 aromatic rings. The van der Waals surface area contributed by atoms with Crippen molar-refractivity contribution in [3.05, 3.63) is 57.8 Å². The fraction of sp³-hybridized carbons (Fsp3) is 0.125. The highest BCUT2D eigenvalue weighted by atomic mass is 79.9. The van der Waals surface area contributed by atoms with E-state index in [4.69, 9.17) is 16.3 Å². The molecule has 0 heterocycles. The molecular formula is C16H12BrClFNO3S. The van der Waals surface area contributed by atoms with E-state index >= 15 is 0 Å². The van der Waals surface area contributed by atoms with Crippen LogP contribution >= 0.6 is 39.3 Å². The van der Waals surface area contributed by atoms with E-state index in [9.17, 15) is 14.0 Å². The number of ether oxygens (including phenoxy) is 1. The number of hydrogen-bond acceptors (Lipinski definition) is 4. The molecule has 0 radical (unpaired) electrons. The third-order valence-corrected chi connectivity index (χ3v) is 4.47.